The van der Waals surface area contributed by atoms with Crippen molar-refractivity contribution in [2.24, 2.45) is 5.92 Å². The van der Waals surface area contributed by atoms with Gasteiger partial charge in [-0.3, -0.25) is 4.79 Å². The van der Waals surface area contributed by atoms with Crippen LogP contribution in [0.1, 0.15) is 18.1 Å². The molecule has 0 aliphatic carbocycles. The first-order chi connectivity index (χ1) is 7.48. The van der Waals surface area contributed by atoms with Crippen LogP contribution in [0.3, 0.4) is 0 Å². The second-order valence-corrected chi connectivity index (χ2v) is 3.67. The summed E-state index contributed by atoms with van der Waals surface area (Å²) in [5.74, 6) is -3.17. The van der Waals surface area contributed by atoms with Gasteiger partial charge >= 0.3 is 12.1 Å². The number of benzene rings is 1. The van der Waals surface area contributed by atoms with Crippen molar-refractivity contribution < 1.29 is 22.7 Å². The summed E-state index contributed by atoms with van der Waals surface area (Å²) in [7, 11) is 0. The molecule has 0 saturated carbocycles. The van der Waals surface area contributed by atoms with E-state index in [-0.39, 0.29) is 6.42 Å². The van der Waals surface area contributed by atoms with E-state index in [1.807, 2.05) is 0 Å². The average molecular weight is 230 g/mol. The summed E-state index contributed by atoms with van der Waals surface area (Å²) in [6.07, 6.45) is -5.62. The predicted octanol–water partition coefficient (Wildman–Crippen LogP) is 2.85. The lowest BCUT2D eigenvalue weighted by atomic mass is 10.00. The van der Waals surface area contributed by atoms with E-state index < -0.39 is 24.2 Å². The van der Waals surface area contributed by atoms with Crippen molar-refractivity contribution in [3.05, 3.63) is 35.9 Å². The fraction of sp³-hybridized carbons (Fsp3) is 0.364. The Balaban J connectivity index is 2.16. The third-order valence-electron chi connectivity index (χ3n) is 2.56. The number of ether oxygens (including phenoxy) is 1. The molecule has 1 aromatic rings. The summed E-state index contributed by atoms with van der Waals surface area (Å²) in [6, 6.07) is 8.45. The molecule has 1 saturated heterocycles. The summed E-state index contributed by atoms with van der Waals surface area (Å²) < 4.78 is 41.9. The van der Waals surface area contributed by atoms with Gasteiger partial charge in [-0.15, -0.1) is 0 Å². The van der Waals surface area contributed by atoms with Crippen LogP contribution in [0.5, 0.6) is 0 Å². The van der Waals surface area contributed by atoms with Crippen molar-refractivity contribution >= 4 is 5.97 Å². The molecule has 0 amide bonds. The van der Waals surface area contributed by atoms with Gasteiger partial charge in [-0.1, -0.05) is 30.3 Å². The maximum atomic E-state index is 12.4. The number of hydrogen-bond acceptors (Lipinski definition) is 2. The lowest BCUT2D eigenvalue weighted by Crippen LogP contribution is -2.26. The maximum absolute atomic E-state index is 12.4. The van der Waals surface area contributed by atoms with Crippen LogP contribution < -0.4 is 0 Å². The van der Waals surface area contributed by atoms with E-state index >= 15 is 0 Å². The zero-order valence-electron chi connectivity index (χ0n) is 8.20. The number of alkyl halides is 3. The largest absolute Gasteiger partial charge is 0.457 e. The number of halogens is 3. The smallest absolute Gasteiger partial charge is 0.402 e. The Morgan fingerprint density at radius 2 is 1.81 bits per heavy atom. The van der Waals surface area contributed by atoms with Crippen molar-refractivity contribution in [2.75, 3.05) is 0 Å². The molecule has 5 heteroatoms. The predicted molar refractivity (Wildman–Crippen MR) is 49.4 cm³/mol. The van der Waals surface area contributed by atoms with Gasteiger partial charge in [0.15, 0.2) is 5.92 Å². The van der Waals surface area contributed by atoms with E-state index in [4.69, 9.17) is 4.74 Å². The van der Waals surface area contributed by atoms with Crippen molar-refractivity contribution in [3.63, 3.8) is 0 Å². The highest BCUT2D eigenvalue weighted by Crippen LogP contribution is 2.41. The summed E-state index contributed by atoms with van der Waals surface area (Å²) in [5, 5.41) is 0. The lowest BCUT2D eigenvalue weighted by molar-refractivity contribution is -0.185. The monoisotopic (exact) mass is 230 g/mol. The van der Waals surface area contributed by atoms with Crippen LogP contribution >= 0.6 is 0 Å². The van der Waals surface area contributed by atoms with Gasteiger partial charge in [0.25, 0.3) is 0 Å². The third-order valence-corrected chi connectivity index (χ3v) is 2.56. The lowest BCUT2D eigenvalue weighted by Gasteiger charge is -2.10. The molecule has 0 aromatic heterocycles. The molecule has 1 heterocycles. The molecule has 1 aliphatic heterocycles. The molecule has 0 bridgehead atoms. The Labute approximate surface area is 90.0 Å². The van der Waals surface area contributed by atoms with Crippen molar-refractivity contribution in [3.8, 4) is 0 Å². The van der Waals surface area contributed by atoms with Gasteiger partial charge < -0.3 is 4.74 Å². The summed E-state index contributed by atoms with van der Waals surface area (Å²) in [5.41, 5.74) is 0.600. The fourth-order valence-electron chi connectivity index (χ4n) is 1.72. The van der Waals surface area contributed by atoms with Gasteiger partial charge in [-0.2, -0.15) is 13.2 Å². The van der Waals surface area contributed by atoms with Crippen molar-refractivity contribution in [1.82, 2.24) is 0 Å². The molecular weight excluding hydrogens is 221 g/mol. The highest BCUT2D eigenvalue weighted by molar-refractivity contribution is 5.75. The van der Waals surface area contributed by atoms with Gasteiger partial charge in [-0.25, -0.2) is 0 Å². The second kappa shape index (κ2) is 3.81. The second-order valence-electron chi connectivity index (χ2n) is 3.67. The van der Waals surface area contributed by atoms with Crippen LogP contribution in [0, 0.1) is 5.92 Å². The average Bonchev–Trinajstić information content (AvgIpc) is 2.61. The van der Waals surface area contributed by atoms with Gasteiger partial charge in [-0.05, 0) is 5.56 Å². The molecule has 1 fully saturated rings. The van der Waals surface area contributed by atoms with Gasteiger partial charge in [0, 0.05) is 6.42 Å². The topological polar surface area (TPSA) is 26.3 Å². The zero-order valence-corrected chi connectivity index (χ0v) is 8.20. The van der Waals surface area contributed by atoms with Gasteiger partial charge in [0.1, 0.15) is 6.10 Å². The summed E-state index contributed by atoms with van der Waals surface area (Å²) in [6.45, 7) is 0. The molecule has 86 valence electrons. The number of hydrogen-bond donors (Lipinski definition) is 0. The summed E-state index contributed by atoms with van der Waals surface area (Å²) >= 11 is 0. The first kappa shape index (κ1) is 11.0. The van der Waals surface area contributed by atoms with Crippen molar-refractivity contribution in [2.45, 2.75) is 18.7 Å². The number of carbonyl (C=O) groups is 1. The minimum atomic E-state index is -4.51. The van der Waals surface area contributed by atoms with Gasteiger partial charge in [0.2, 0.25) is 0 Å². The Morgan fingerprint density at radius 3 is 2.31 bits per heavy atom. The van der Waals surface area contributed by atoms with E-state index in [0.717, 1.165) is 0 Å². The molecule has 2 unspecified atom stereocenters. The highest BCUT2D eigenvalue weighted by atomic mass is 19.4. The molecular formula is C11H9F3O2. The minimum absolute atomic E-state index is 0.327. The van der Waals surface area contributed by atoms with E-state index in [9.17, 15) is 18.0 Å². The van der Waals surface area contributed by atoms with E-state index in [2.05, 4.69) is 0 Å². The van der Waals surface area contributed by atoms with Gasteiger partial charge in [0.05, 0.1) is 0 Å². The molecule has 0 spiro atoms. The zero-order chi connectivity index (χ0) is 11.8. The minimum Gasteiger partial charge on any atom is -0.457 e. The Morgan fingerprint density at radius 1 is 1.19 bits per heavy atom. The molecule has 1 aliphatic rings. The SMILES string of the molecule is O=C1OC(c2ccccc2)CC1C(F)(F)F. The Kier molecular flexibility index (Phi) is 2.61. The van der Waals surface area contributed by atoms with E-state index in [1.165, 1.54) is 0 Å². The molecule has 2 nitrogen and oxygen atoms in total. The first-order valence-electron chi connectivity index (χ1n) is 4.80. The van der Waals surface area contributed by atoms with Crippen LogP contribution in [0.4, 0.5) is 13.2 Å². The molecule has 0 radical (unpaired) electrons. The van der Waals surface area contributed by atoms with Crippen molar-refractivity contribution in [1.29, 1.82) is 0 Å². The van der Waals surface area contributed by atoms with Crippen LogP contribution in [0.25, 0.3) is 0 Å². The molecule has 0 N–H and O–H groups in total. The number of cyclic esters (lactones) is 1. The Bertz CT molecular complexity index is 386. The number of carbonyl (C=O) groups excluding carboxylic acids is 1. The normalized spacial score (nSPS) is 25.6. The summed E-state index contributed by atoms with van der Waals surface area (Å²) in [4.78, 5) is 11.1. The third kappa shape index (κ3) is 2.03. The van der Waals surface area contributed by atoms with Crippen LogP contribution in [0.2, 0.25) is 0 Å². The standard InChI is InChI=1S/C11H9F3O2/c12-11(13,14)8-6-9(16-10(8)15)7-4-2-1-3-5-7/h1-5,8-9H,6H2. The quantitative estimate of drug-likeness (QED) is 0.693. The highest BCUT2D eigenvalue weighted by Gasteiger charge is 2.52. The number of rotatable bonds is 1. The Hall–Kier alpha value is -1.52. The maximum Gasteiger partial charge on any atom is 0.402 e. The number of esters is 1. The molecule has 16 heavy (non-hydrogen) atoms. The molecule has 2 atom stereocenters. The molecule has 1 aromatic carbocycles. The first-order valence-corrected chi connectivity index (χ1v) is 4.80. The molecule has 2 rings (SSSR count). The fourth-order valence-corrected chi connectivity index (χ4v) is 1.72. The van der Waals surface area contributed by atoms with E-state index in [1.54, 1.807) is 30.3 Å². The van der Waals surface area contributed by atoms with Crippen LogP contribution in [-0.4, -0.2) is 12.1 Å². The van der Waals surface area contributed by atoms with Crippen LogP contribution in [-0.2, 0) is 9.53 Å². The van der Waals surface area contributed by atoms with E-state index in [0.29, 0.717) is 5.56 Å². The van der Waals surface area contributed by atoms with Crippen LogP contribution in [0.15, 0.2) is 30.3 Å².